The number of benzene rings is 2. The van der Waals surface area contributed by atoms with Gasteiger partial charge in [-0.2, -0.15) is 0 Å². The van der Waals surface area contributed by atoms with Gasteiger partial charge in [-0.25, -0.2) is 4.79 Å². The summed E-state index contributed by atoms with van der Waals surface area (Å²) in [4.78, 5) is 38.3. The molecule has 3 heterocycles. The molecule has 2 aromatic carbocycles. The highest BCUT2D eigenvalue weighted by molar-refractivity contribution is 5.90. The van der Waals surface area contributed by atoms with Gasteiger partial charge < -0.3 is 18.3 Å². The molecule has 4 aromatic rings. The van der Waals surface area contributed by atoms with Crippen LogP contribution in [0.3, 0.4) is 0 Å². The van der Waals surface area contributed by atoms with Crippen molar-refractivity contribution in [3.63, 3.8) is 0 Å². The van der Waals surface area contributed by atoms with Crippen molar-refractivity contribution in [1.29, 1.82) is 0 Å². The molecule has 144 valence electrons. The van der Waals surface area contributed by atoms with Crippen LogP contribution in [-0.2, 0) is 4.79 Å². The number of fused-ring (bicyclic) bond motifs is 4. The maximum atomic E-state index is 13.2. The Morgan fingerprint density at radius 1 is 1.00 bits per heavy atom. The molecule has 7 heteroatoms. The van der Waals surface area contributed by atoms with Gasteiger partial charge in [-0.05, 0) is 30.3 Å². The van der Waals surface area contributed by atoms with Gasteiger partial charge in [-0.3, -0.25) is 9.59 Å². The van der Waals surface area contributed by atoms with Crippen molar-refractivity contribution in [2.75, 3.05) is 7.11 Å². The summed E-state index contributed by atoms with van der Waals surface area (Å²) in [5.74, 6) is -0.749. The maximum absolute atomic E-state index is 13.2. The fourth-order valence-corrected chi connectivity index (χ4v) is 3.73. The lowest BCUT2D eigenvalue weighted by Gasteiger charge is -2.23. The summed E-state index contributed by atoms with van der Waals surface area (Å²) in [6, 6.07) is 11.6. The number of para-hydroxylation sites is 1. The largest absolute Gasteiger partial charge is 0.497 e. The molecule has 0 radical (unpaired) electrons. The summed E-state index contributed by atoms with van der Waals surface area (Å²) in [7, 11) is 1.50. The van der Waals surface area contributed by atoms with E-state index in [1.54, 1.807) is 42.5 Å². The number of carbonyl (C=O) groups excluding carboxylic acids is 1. The summed E-state index contributed by atoms with van der Waals surface area (Å²) in [5, 5.41) is 0.791. The van der Waals surface area contributed by atoms with Crippen LogP contribution in [0.2, 0.25) is 0 Å². The first-order valence-corrected chi connectivity index (χ1v) is 8.92. The minimum absolute atomic E-state index is 0.128. The minimum atomic E-state index is -0.834. The Morgan fingerprint density at radius 3 is 2.66 bits per heavy atom. The number of methoxy groups -OCH3 is 1. The monoisotopic (exact) mass is 390 g/mol. The first kappa shape index (κ1) is 17.2. The highest BCUT2D eigenvalue weighted by atomic mass is 16.5. The van der Waals surface area contributed by atoms with Gasteiger partial charge in [-0.1, -0.05) is 12.1 Å². The van der Waals surface area contributed by atoms with Crippen molar-refractivity contribution in [3.05, 3.63) is 80.5 Å². The van der Waals surface area contributed by atoms with E-state index in [0.717, 1.165) is 0 Å². The van der Waals surface area contributed by atoms with Crippen LogP contribution in [0.5, 0.6) is 11.5 Å². The van der Waals surface area contributed by atoms with Crippen molar-refractivity contribution in [1.82, 2.24) is 0 Å². The van der Waals surface area contributed by atoms with Gasteiger partial charge in [0.1, 0.15) is 16.9 Å². The Morgan fingerprint density at radius 2 is 1.83 bits per heavy atom. The van der Waals surface area contributed by atoms with Crippen molar-refractivity contribution in [3.8, 4) is 11.5 Å². The summed E-state index contributed by atoms with van der Waals surface area (Å²) in [6.45, 7) is 0. The maximum Gasteiger partial charge on any atom is 0.343 e. The second-order valence-electron chi connectivity index (χ2n) is 6.74. The van der Waals surface area contributed by atoms with Crippen LogP contribution in [0.4, 0.5) is 0 Å². The van der Waals surface area contributed by atoms with E-state index in [2.05, 4.69) is 0 Å². The fraction of sp³-hybridized carbons (Fsp3) is 0.136. The molecule has 1 aliphatic heterocycles. The second kappa shape index (κ2) is 6.34. The third kappa shape index (κ3) is 2.62. The van der Waals surface area contributed by atoms with Crippen molar-refractivity contribution in [2.45, 2.75) is 12.3 Å². The van der Waals surface area contributed by atoms with Crippen LogP contribution in [0, 0.1) is 0 Å². The Balaban J connectivity index is 1.80. The second-order valence-corrected chi connectivity index (χ2v) is 6.74. The summed E-state index contributed by atoms with van der Waals surface area (Å²) >= 11 is 0. The predicted octanol–water partition coefficient (Wildman–Crippen LogP) is 3.35. The molecule has 29 heavy (non-hydrogen) atoms. The van der Waals surface area contributed by atoms with Gasteiger partial charge >= 0.3 is 11.6 Å². The van der Waals surface area contributed by atoms with Gasteiger partial charge in [0.15, 0.2) is 11.2 Å². The molecule has 2 aromatic heterocycles. The lowest BCUT2D eigenvalue weighted by Crippen LogP contribution is -2.29. The highest BCUT2D eigenvalue weighted by Gasteiger charge is 2.35. The quantitative estimate of drug-likeness (QED) is 0.382. The van der Waals surface area contributed by atoms with Crippen LogP contribution < -0.4 is 20.5 Å². The third-order valence-corrected chi connectivity index (χ3v) is 5.12. The van der Waals surface area contributed by atoms with Gasteiger partial charge in [0, 0.05) is 11.5 Å². The molecular formula is C22H14O7. The van der Waals surface area contributed by atoms with E-state index in [-0.39, 0.29) is 28.7 Å². The van der Waals surface area contributed by atoms with Crippen molar-refractivity contribution < 1.29 is 23.1 Å². The molecule has 5 rings (SSSR count). The van der Waals surface area contributed by atoms with Crippen LogP contribution in [0.25, 0.3) is 21.9 Å². The summed E-state index contributed by atoms with van der Waals surface area (Å²) in [5.41, 5.74) is 0.0115. The van der Waals surface area contributed by atoms with Gasteiger partial charge in [0.25, 0.3) is 0 Å². The molecule has 0 unspecified atom stereocenters. The van der Waals surface area contributed by atoms with Crippen LogP contribution in [0.15, 0.2) is 67.2 Å². The van der Waals surface area contributed by atoms with Gasteiger partial charge in [0.2, 0.25) is 0 Å². The lowest BCUT2D eigenvalue weighted by molar-refractivity contribution is -0.135. The minimum Gasteiger partial charge on any atom is -0.497 e. The number of ether oxygens (including phenoxy) is 2. The molecule has 0 saturated carbocycles. The van der Waals surface area contributed by atoms with Crippen LogP contribution >= 0.6 is 0 Å². The first-order valence-electron chi connectivity index (χ1n) is 8.92. The van der Waals surface area contributed by atoms with Crippen LogP contribution in [0.1, 0.15) is 23.5 Å². The first-order chi connectivity index (χ1) is 14.1. The van der Waals surface area contributed by atoms with E-state index in [1.165, 1.54) is 13.4 Å². The lowest BCUT2D eigenvalue weighted by atomic mass is 9.87. The molecule has 0 amide bonds. The van der Waals surface area contributed by atoms with Crippen molar-refractivity contribution in [2.24, 2.45) is 0 Å². The number of hydrogen-bond donors (Lipinski definition) is 0. The highest BCUT2D eigenvalue weighted by Crippen LogP contribution is 2.40. The zero-order valence-electron chi connectivity index (χ0n) is 15.3. The standard InChI is InChI=1S/C22H14O7/c1-26-11-6-7-16-14(8-11)20(24)15(10-27-16)13-9-18(23)29-21-12-4-2-3-5-17(12)28-22(25)19(13)21/h2-8,10,13H,9H2,1H3/t13-/m1/s1. The van der Waals surface area contributed by atoms with E-state index in [0.29, 0.717) is 27.7 Å². The van der Waals surface area contributed by atoms with Gasteiger partial charge in [0.05, 0.1) is 36.1 Å². The Hall–Kier alpha value is -3.87. The topological polar surface area (TPSA) is 96.0 Å². The SMILES string of the molecule is COc1ccc2occ([C@H]3CC(=O)Oc4c3c(=O)oc3ccccc43)c(=O)c2c1. The molecular weight excluding hydrogens is 376 g/mol. The molecule has 0 bridgehead atoms. The van der Waals surface area contributed by atoms with E-state index < -0.39 is 17.5 Å². The Bertz CT molecular complexity index is 1410. The molecule has 1 aliphatic rings. The summed E-state index contributed by atoms with van der Waals surface area (Å²) in [6.07, 6.45) is 1.12. The van der Waals surface area contributed by atoms with E-state index >= 15 is 0 Å². The Kier molecular flexibility index (Phi) is 3.77. The molecule has 0 saturated heterocycles. The predicted molar refractivity (Wildman–Crippen MR) is 104 cm³/mol. The van der Waals surface area contributed by atoms with E-state index in [9.17, 15) is 14.4 Å². The smallest absolute Gasteiger partial charge is 0.343 e. The number of rotatable bonds is 2. The number of carbonyl (C=O) groups is 1. The third-order valence-electron chi connectivity index (χ3n) is 5.12. The number of esters is 1. The molecule has 0 aliphatic carbocycles. The zero-order valence-corrected chi connectivity index (χ0v) is 15.3. The fourth-order valence-electron chi connectivity index (χ4n) is 3.73. The van der Waals surface area contributed by atoms with Crippen LogP contribution in [-0.4, -0.2) is 13.1 Å². The molecule has 0 fully saturated rings. The normalized spacial score (nSPS) is 15.9. The summed E-state index contributed by atoms with van der Waals surface area (Å²) < 4.78 is 21.6. The van der Waals surface area contributed by atoms with E-state index in [4.69, 9.17) is 18.3 Å². The Labute approximate surface area is 163 Å². The molecule has 0 spiro atoms. The zero-order chi connectivity index (χ0) is 20.1. The molecule has 1 atom stereocenters. The van der Waals surface area contributed by atoms with Gasteiger partial charge in [-0.15, -0.1) is 0 Å². The molecule has 0 N–H and O–H groups in total. The molecule has 7 nitrogen and oxygen atoms in total. The van der Waals surface area contributed by atoms with E-state index in [1.807, 2.05) is 0 Å². The number of hydrogen-bond acceptors (Lipinski definition) is 7. The van der Waals surface area contributed by atoms with Crippen molar-refractivity contribution >= 4 is 27.9 Å². The average Bonchev–Trinajstić information content (AvgIpc) is 2.73. The average molecular weight is 390 g/mol.